The van der Waals surface area contributed by atoms with Gasteiger partial charge in [-0.3, -0.25) is 4.79 Å². The van der Waals surface area contributed by atoms with Gasteiger partial charge in [0.1, 0.15) is 5.69 Å². The summed E-state index contributed by atoms with van der Waals surface area (Å²) in [7, 11) is 0. The first-order chi connectivity index (χ1) is 6.44. The van der Waals surface area contributed by atoms with Gasteiger partial charge in [-0.2, -0.15) is 0 Å². The summed E-state index contributed by atoms with van der Waals surface area (Å²) in [6.07, 6.45) is 1.68. The van der Waals surface area contributed by atoms with E-state index in [0.29, 0.717) is 5.69 Å². The van der Waals surface area contributed by atoms with E-state index in [0.717, 1.165) is 4.47 Å². The first-order valence-corrected chi connectivity index (χ1v) is 5.01. The molecule has 0 bridgehead atoms. The molecule has 4 nitrogen and oxygen atoms in total. The molecule has 0 radical (unpaired) electrons. The highest BCUT2D eigenvalue weighted by molar-refractivity contribution is 9.10. The molecule has 0 fully saturated rings. The minimum Gasteiger partial charge on any atom is -0.394 e. The van der Waals surface area contributed by atoms with Crippen molar-refractivity contribution in [1.82, 2.24) is 10.3 Å². The SMILES string of the molecule is CC(C)(CO)NC(=O)c1cc(Br)c[nH]1. The third-order valence-corrected chi connectivity index (χ3v) is 2.20. The second kappa shape index (κ2) is 4.14. The minimum absolute atomic E-state index is 0.0966. The van der Waals surface area contributed by atoms with Crippen LogP contribution in [0.2, 0.25) is 0 Å². The standard InChI is InChI=1S/C9H13BrN2O2/c1-9(2,5-13)12-8(14)7-3-6(10)4-11-7/h3-4,11,13H,5H2,1-2H3,(H,12,14). The van der Waals surface area contributed by atoms with Crippen LogP contribution in [0, 0.1) is 0 Å². The lowest BCUT2D eigenvalue weighted by molar-refractivity contribution is 0.0865. The molecule has 0 saturated carbocycles. The molecule has 1 aromatic rings. The fourth-order valence-electron chi connectivity index (χ4n) is 0.913. The van der Waals surface area contributed by atoms with E-state index in [1.165, 1.54) is 0 Å². The summed E-state index contributed by atoms with van der Waals surface area (Å²) < 4.78 is 0.824. The molecule has 0 aromatic carbocycles. The van der Waals surface area contributed by atoms with Gasteiger partial charge in [-0.15, -0.1) is 0 Å². The molecule has 1 heterocycles. The maximum absolute atomic E-state index is 11.6. The van der Waals surface area contributed by atoms with Crippen molar-refractivity contribution in [2.75, 3.05) is 6.61 Å². The number of halogens is 1. The van der Waals surface area contributed by atoms with E-state index in [1.807, 2.05) is 0 Å². The molecule has 0 unspecified atom stereocenters. The number of carbonyl (C=O) groups excluding carboxylic acids is 1. The lowest BCUT2D eigenvalue weighted by Crippen LogP contribution is -2.46. The predicted octanol–water partition coefficient (Wildman–Crippen LogP) is 1.28. The van der Waals surface area contributed by atoms with E-state index in [4.69, 9.17) is 5.11 Å². The van der Waals surface area contributed by atoms with E-state index in [-0.39, 0.29) is 12.5 Å². The molecule has 3 N–H and O–H groups in total. The van der Waals surface area contributed by atoms with Crippen molar-refractivity contribution in [3.63, 3.8) is 0 Å². The van der Waals surface area contributed by atoms with Crippen molar-refractivity contribution < 1.29 is 9.90 Å². The fraction of sp³-hybridized carbons (Fsp3) is 0.444. The van der Waals surface area contributed by atoms with Crippen molar-refractivity contribution in [2.45, 2.75) is 19.4 Å². The monoisotopic (exact) mass is 260 g/mol. The zero-order valence-corrected chi connectivity index (χ0v) is 9.68. The summed E-state index contributed by atoms with van der Waals surface area (Å²) in [6, 6.07) is 1.68. The Hall–Kier alpha value is -0.810. The highest BCUT2D eigenvalue weighted by Crippen LogP contribution is 2.11. The molecule has 0 aliphatic rings. The number of aromatic amines is 1. The van der Waals surface area contributed by atoms with Gasteiger partial charge < -0.3 is 15.4 Å². The van der Waals surface area contributed by atoms with Crippen LogP contribution in [-0.4, -0.2) is 28.1 Å². The first-order valence-electron chi connectivity index (χ1n) is 4.22. The Bertz CT molecular complexity index is 333. The van der Waals surface area contributed by atoms with Crippen LogP contribution in [-0.2, 0) is 0 Å². The molecular formula is C9H13BrN2O2. The summed E-state index contributed by atoms with van der Waals surface area (Å²) in [5.74, 6) is -0.227. The Kier molecular flexibility index (Phi) is 3.34. The lowest BCUT2D eigenvalue weighted by atomic mass is 10.1. The Labute approximate surface area is 90.8 Å². The average Bonchev–Trinajstić information content (AvgIpc) is 2.51. The molecule has 1 aromatic heterocycles. The van der Waals surface area contributed by atoms with Crippen LogP contribution >= 0.6 is 15.9 Å². The topological polar surface area (TPSA) is 65.1 Å². The fourth-order valence-corrected chi connectivity index (χ4v) is 1.26. The number of hydrogen-bond donors (Lipinski definition) is 3. The Morgan fingerprint density at radius 2 is 2.36 bits per heavy atom. The van der Waals surface area contributed by atoms with E-state index in [2.05, 4.69) is 26.2 Å². The maximum Gasteiger partial charge on any atom is 0.268 e. The van der Waals surface area contributed by atoms with Crippen LogP contribution in [0.3, 0.4) is 0 Å². The molecule has 1 rings (SSSR count). The average molecular weight is 261 g/mol. The maximum atomic E-state index is 11.6. The number of nitrogens with one attached hydrogen (secondary N) is 2. The van der Waals surface area contributed by atoms with Gasteiger partial charge in [-0.05, 0) is 35.8 Å². The van der Waals surface area contributed by atoms with E-state index in [1.54, 1.807) is 26.1 Å². The largest absolute Gasteiger partial charge is 0.394 e. The Balaban J connectivity index is 2.68. The smallest absolute Gasteiger partial charge is 0.268 e. The van der Waals surface area contributed by atoms with E-state index < -0.39 is 5.54 Å². The van der Waals surface area contributed by atoms with Crippen LogP contribution in [0.5, 0.6) is 0 Å². The molecular weight excluding hydrogens is 248 g/mol. The van der Waals surface area contributed by atoms with E-state index >= 15 is 0 Å². The molecule has 0 aliphatic carbocycles. The van der Waals surface area contributed by atoms with Gasteiger partial charge in [0, 0.05) is 10.7 Å². The highest BCUT2D eigenvalue weighted by Gasteiger charge is 2.20. The van der Waals surface area contributed by atoms with Crippen molar-refractivity contribution >= 4 is 21.8 Å². The quantitative estimate of drug-likeness (QED) is 0.767. The molecule has 0 aliphatic heterocycles. The van der Waals surface area contributed by atoms with Gasteiger partial charge in [0.15, 0.2) is 0 Å². The van der Waals surface area contributed by atoms with Gasteiger partial charge in [0.05, 0.1) is 12.1 Å². The second-order valence-electron chi connectivity index (χ2n) is 3.73. The zero-order chi connectivity index (χ0) is 10.8. The first kappa shape index (κ1) is 11.3. The van der Waals surface area contributed by atoms with Gasteiger partial charge >= 0.3 is 0 Å². The summed E-state index contributed by atoms with van der Waals surface area (Å²) in [4.78, 5) is 14.4. The Morgan fingerprint density at radius 3 is 2.79 bits per heavy atom. The summed E-state index contributed by atoms with van der Waals surface area (Å²) in [6.45, 7) is 3.41. The number of amides is 1. The number of aromatic nitrogens is 1. The molecule has 0 atom stereocenters. The number of rotatable bonds is 3. The second-order valence-corrected chi connectivity index (χ2v) is 4.64. The van der Waals surface area contributed by atoms with Crippen LogP contribution < -0.4 is 5.32 Å². The third kappa shape index (κ3) is 2.85. The van der Waals surface area contributed by atoms with E-state index in [9.17, 15) is 4.79 Å². The van der Waals surface area contributed by atoms with Gasteiger partial charge in [0.2, 0.25) is 0 Å². The van der Waals surface area contributed by atoms with Crippen molar-refractivity contribution in [2.24, 2.45) is 0 Å². The van der Waals surface area contributed by atoms with Gasteiger partial charge in [-0.25, -0.2) is 0 Å². The predicted molar refractivity (Wildman–Crippen MR) is 57.1 cm³/mol. The molecule has 5 heteroatoms. The number of H-pyrrole nitrogens is 1. The third-order valence-electron chi connectivity index (χ3n) is 1.74. The van der Waals surface area contributed by atoms with Crippen LogP contribution in [0.15, 0.2) is 16.7 Å². The molecule has 0 saturated heterocycles. The van der Waals surface area contributed by atoms with Crippen LogP contribution in [0.25, 0.3) is 0 Å². The Morgan fingerprint density at radius 1 is 1.71 bits per heavy atom. The van der Waals surface area contributed by atoms with Crippen molar-refractivity contribution in [3.05, 3.63) is 22.4 Å². The number of aliphatic hydroxyl groups excluding tert-OH is 1. The summed E-state index contributed by atoms with van der Waals surface area (Å²) in [5, 5.41) is 11.7. The van der Waals surface area contributed by atoms with Gasteiger partial charge in [0.25, 0.3) is 5.91 Å². The number of carbonyl (C=O) groups is 1. The van der Waals surface area contributed by atoms with Gasteiger partial charge in [-0.1, -0.05) is 0 Å². The van der Waals surface area contributed by atoms with Crippen molar-refractivity contribution in [1.29, 1.82) is 0 Å². The highest BCUT2D eigenvalue weighted by atomic mass is 79.9. The zero-order valence-electron chi connectivity index (χ0n) is 8.10. The van der Waals surface area contributed by atoms with Crippen LogP contribution in [0.4, 0.5) is 0 Å². The van der Waals surface area contributed by atoms with Crippen LogP contribution in [0.1, 0.15) is 24.3 Å². The van der Waals surface area contributed by atoms with Crippen molar-refractivity contribution in [3.8, 4) is 0 Å². The summed E-state index contributed by atoms with van der Waals surface area (Å²) in [5.41, 5.74) is -0.132. The normalized spacial score (nSPS) is 11.4. The number of hydrogen-bond acceptors (Lipinski definition) is 2. The molecule has 78 valence electrons. The summed E-state index contributed by atoms with van der Waals surface area (Å²) >= 11 is 3.24. The molecule has 0 spiro atoms. The lowest BCUT2D eigenvalue weighted by Gasteiger charge is -2.22. The molecule has 1 amide bonds. The minimum atomic E-state index is -0.603. The number of aliphatic hydroxyl groups is 1. The molecule has 14 heavy (non-hydrogen) atoms.